The number of hydrogen-bond donors (Lipinski definition) is 2. The van der Waals surface area contributed by atoms with Crippen LogP contribution in [0.1, 0.15) is 18.1 Å². The van der Waals surface area contributed by atoms with Gasteiger partial charge in [0.05, 0.1) is 11.5 Å². The van der Waals surface area contributed by atoms with Crippen molar-refractivity contribution in [3.63, 3.8) is 0 Å². The molecule has 3 rings (SSSR count). The van der Waals surface area contributed by atoms with Crippen LogP contribution in [-0.2, 0) is 21.2 Å². The molecule has 3 aromatic rings. The van der Waals surface area contributed by atoms with Gasteiger partial charge in [-0.15, -0.1) is 0 Å². The molecule has 0 spiro atoms. The van der Waals surface area contributed by atoms with Crippen molar-refractivity contribution in [2.75, 3.05) is 11.9 Å². The van der Waals surface area contributed by atoms with E-state index in [2.05, 4.69) is 10.0 Å². The van der Waals surface area contributed by atoms with Crippen LogP contribution in [0, 0.1) is 6.92 Å². The fourth-order valence-electron chi connectivity index (χ4n) is 3.11. The Morgan fingerprint density at radius 3 is 2.23 bits per heavy atom. The molecule has 1 atom stereocenters. The summed E-state index contributed by atoms with van der Waals surface area (Å²) in [5.74, 6) is 0.159. The highest BCUT2D eigenvalue weighted by atomic mass is 32.2. The van der Waals surface area contributed by atoms with E-state index >= 15 is 0 Å². The van der Waals surface area contributed by atoms with E-state index in [4.69, 9.17) is 4.74 Å². The fourth-order valence-corrected chi connectivity index (χ4v) is 4.30. The summed E-state index contributed by atoms with van der Waals surface area (Å²) in [6.07, 6.45) is 0.217. The van der Waals surface area contributed by atoms with E-state index in [0.29, 0.717) is 18.0 Å². The minimum absolute atomic E-state index is 0.0673. The molecular weight excluding hydrogens is 412 g/mol. The molecule has 0 aliphatic carbocycles. The number of amides is 1. The van der Waals surface area contributed by atoms with E-state index in [1.165, 1.54) is 12.1 Å². The van der Waals surface area contributed by atoms with E-state index in [0.717, 1.165) is 11.1 Å². The summed E-state index contributed by atoms with van der Waals surface area (Å²) in [5.41, 5.74) is 2.39. The molecule has 0 radical (unpaired) electrons. The molecular formula is C24H26N2O4S. The van der Waals surface area contributed by atoms with E-state index in [1.807, 2.05) is 62.4 Å². The maximum absolute atomic E-state index is 13.1. The molecule has 0 fully saturated rings. The average molecular weight is 439 g/mol. The van der Waals surface area contributed by atoms with E-state index in [-0.39, 0.29) is 11.3 Å². The highest BCUT2D eigenvalue weighted by Crippen LogP contribution is 2.18. The molecule has 2 N–H and O–H groups in total. The number of nitrogens with one attached hydrogen (secondary N) is 2. The fraction of sp³-hybridized carbons (Fsp3) is 0.208. The topological polar surface area (TPSA) is 84.5 Å². The van der Waals surface area contributed by atoms with Crippen LogP contribution in [0.15, 0.2) is 83.8 Å². The van der Waals surface area contributed by atoms with Crippen LogP contribution >= 0.6 is 0 Å². The van der Waals surface area contributed by atoms with Crippen molar-refractivity contribution in [1.29, 1.82) is 0 Å². The highest BCUT2D eigenvalue weighted by molar-refractivity contribution is 7.89. The van der Waals surface area contributed by atoms with Gasteiger partial charge in [-0.2, -0.15) is 4.72 Å². The monoisotopic (exact) mass is 438 g/mol. The van der Waals surface area contributed by atoms with E-state index in [9.17, 15) is 13.2 Å². The van der Waals surface area contributed by atoms with Gasteiger partial charge in [0.1, 0.15) is 11.8 Å². The zero-order chi connectivity index (χ0) is 22.3. The molecule has 6 nitrogen and oxygen atoms in total. The van der Waals surface area contributed by atoms with Gasteiger partial charge in [-0.1, -0.05) is 48.5 Å². The Balaban J connectivity index is 1.84. The SMILES string of the molecule is CCOc1ccc(S(=O)(=O)NC(Cc2ccccc2)C(=O)Nc2ccccc2C)cc1. The molecule has 0 bridgehead atoms. The van der Waals surface area contributed by atoms with Crippen molar-refractivity contribution in [3.8, 4) is 5.75 Å². The van der Waals surface area contributed by atoms with Crippen LogP contribution in [0.2, 0.25) is 0 Å². The van der Waals surface area contributed by atoms with Gasteiger partial charge in [0.25, 0.3) is 0 Å². The Hall–Kier alpha value is -3.16. The van der Waals surface area contributed by atoms with Gasteiger partial charge in [0.2, 0.25) is 15.9 Å². The van der Waals surface area contributed by atoms with Gasteiger partial charge >= 0.3 is 0 Å². The number of sulfonamides is 1. The van der Waals surface area contributed by atoms with E-state index < -0.39 is 22.0 Å². The molecule has 7 heteroatoms. The predicted octanol–water partition coefficient (Wildman–Crippen LogP) is 3.92. The lowest BCUT2D eigenvalue weighted by atomic mass is 10.1. The minimum atomic E-state index is -3.93. The lowest BCUT2D eigenvalue weighted by Gasteiger charge is -2.19. The Morgan fingerprint density at radius 2 is 1.58 bits per heavy atom. The van der Waals surface area contributed by atoms with Gasteiger partial charge in [-0.25, -0.2) is 8.42 Å². The number of aryl methyl sites for hydroxylation is 1. The molecule has 3 aromatic carbocycles. The summed E-state index contributed by atoms with van der Waals surface area (Å²) in [6.45, 7) is 4.22. The molecule has 0 saturated heterocycles. The highest BCUT2D eigenvalue weighted by Gasteiger charge is 2.26. The first-order valence-electron chi connectivity index (χ1n) is 10.0. The molecule has 0 saturated carbocycles. The van der Waals surface area contributed by atoms with Crippen LogP contribution in [0.5, 0.6) is 5.75 Å². The maximum Gasteiger partial charge on any atom is 0.242 e. The third-order valence-electron chi connectivity index (χ3n) is 4.74. The molecule has 162 valence electrons. The van der Waals surface area contributed by atoms with Crippen LogP contribution in [0.4, 0.5) is 5.69 Å². The Morgan fingerprint density at radius 1 is 0.935 bits per heavy atom. The zero-order valence-corrected chi connectivity index (χ0v) is 18.4. The third-order valence-corrected chi connectivity index (χ3v) is 6.23. The molecule has 0 aliphatic rings. The number of carbonyl (C=O) groups excluding carboxylic acids is 1. The second kappa shape index (κ2) is 10.2. The Kier molecular flexibility index (Phi) is 7.44. The summed E-state index contributed by atoms with van der Waals surface area (Å²) in [4.78, 5) is 13.1. The Bertz CT molecular complexity index is 1110. The van der Waals surface area contributed by atoms with Crippen LogP contribution < -0.4 is 14.8 Å². The van der Waals surface area contributed by atoms with Crippen molar-refractivity contribution in [1.82, 2.24) is 4.72 Å². The lowest BCUT2D eigenvalue weighted by molar-refractivity contribution is -0.117. The predicted molar refractivity (Wildman–Crippen MR) is 122 cm³/mol. The first-order valence-corrected chi connectivity index (χ1v) is 11.5. The van der Waals surface area contributed by atoms with Gasteiger partial charge in [-0.3, -0.25) is 4.79 Å². The van der Waals surface area contributed by atoms with Crippen molar-refractivity contribution < 1.29 is 17.9 Å². The molecule has 1 amide bonds. The van der Waals surface area contributed by atoms with Crippen molar-refractivity contribution in [2.24, 2.45) is 0 Å². The summed E-state index contributed by atoms with van der Waals surface area (Å²) < 4.78 is 33.9. The molecule has 1 unspecified atom stereocenters. The summed E-state index contributed by atoms with van der Waals surface area (Å²) >= 11 is 0. The number of hydrogen-bond acceptors (Lipinski definition) is 4. The standard InChI is InChI=1S/C24H26N2O4S/c1-3-30-20-13-15-21(16-14-20)31(28,29)26-23(17-19-10-5-4-6-11-19)24(27)25-22-12-8-7-9-18(22)2/h4-16,23,26H,3,17H2,1-2H3,(H,25,27). The normalized spacial score (nSPS) is 12.2. The first-order chi connectivity index (χ1) is 14.9. The molecule has 0 heterocycles. The van der Waals surface area contributed by atoms with Gasteiger partial charge in [0.15, 0.2) is 0 Å². The molecule has 0 aliphatic heterocycles. The average Bonchev–Trinajstić information content (AvgIpc) is 2.76. The second-order valence-electron chi connectivity index (χ2n) is 7.07. The van der Waals surface area contributed by atoms with Crippen molar-refractivity contribution in [3.05, 3.63) is 90.0 Å². The van der Waals surface area contributed by atoms with E-state index in [1.54, 1.807) is 18.2 Å². The maximum atomic E-state index is 13.1. The molecule has 31 heavy (non-hydrogen) atoms. The summed E-state index contributed by atoms with van der Waals surface area (Å²) in [5, 5.41) is 2.84. The van der Waals surface area contributed by atoms with Gasteiger partial charge < -0.3 is 10.1 Å². The number of anilines is 1. The number of benzene rings is 3. The summed E-state index contributed by atoms with van der Waals surface area (Å²) in [6, 6.07) is 21.8. The number of carbonyl (C=O) groups is 1. The smallest absolute Gasteiger partial charge is 0.242 e. The van der Waals surface area contributed by atoms with Crippen LogP contribution in [0.3, 0.4) is 0 Å². The molecule has 0 aromatic heterocycles. The number of rotatable bonds is 9. The van der Waals surface area contributed by atoms with Crippen molar-refractivity contribution >= 4 is 21.6 Å². The number of para-hydroxylation sites is 1. The Labute approximate surface area is 183 Å². The third kappa shape index (κ3) is 6.16. The van der Waals surface area contributed by atoms with Crippen LogP contribution in [0.25, 0.3) is 0 Å². The quantitative estimate of drug-likeness (QED) is 0.530. The minimum Gasteiger partial charge on any atom is -0.494 e. The van der Waals surface area contributed by atoms with Gasteiger partial charge in [-0.05, 0) is 61.7 Å². The van der Waals surface area contributed by atoms with Crippen molar-refractivity contribution in [2.45, 2.75) is 31.2 Å². The zero-order valence-electron chi connectivity index (χ0n) is 17.5. The first kappa shape index (κ1) is 22.5. The van der Waals surface area contributed by atoms with Crippen LogP contribution in [-0.4, -0.2) is 27.0 Å². The number of ether oxygens (including phenoxy) is 1. The second-order valence-corrected chi connectivity index (χ2v) is 8.79. The lowest BCUT2D eigenvalue weighted by Crippen LogP contribution is -2.45. The van der Waals surface area contributed by atoms with Gasteiger partial charge in [0, 0.05) is 5.69 Å². The summed E-state index contributed by atoms with van der Waals surface area (Å²) in [7, 11) is -3.93. The largest absolute Gasteiger partial charge is 0.494 e.